The van der Waals surface area contributed by atoms with E-state index >= 15 is 0 Å². The van der Waals surface area contributed by atoms with Crippen LogP contribution in [0, 0.1) is 0 Å². The Bertz CT molecular complexity index is 480. The number of aromatic nitrogens is 1. The van der Waals surface area contributed by atoms with Crippen LogP contribution in [-0.4, -0.2) is 16.1 Å². The Morgan fingerprint density at radius 3 is 3.00 bits per heavy atom. The van der Waals surface area contributed by atoms with E-state index in [0.717, 1.165) is 4.70 Å². The minimum Gasteiger partial charge on any atom is -0.478 e. The molecular formula is C8H4ClNO2S. The van der Waals surface area contributed by atoms with Gasteiger partial charge in [0.25, 0.3) is 0 Å². The first kappa shape index (κ1) is 8.47. The van der Waals surface area contributed by atoms with Crippen molar-refractivity contribution in [1.29, 1.82) is 0 Å². The third-order valence-electron chi connectivity index (χ3n) is 1.67. The van der Waals surface area contributed by atoms with Crippen LogP contribution in [0.5, 0.6) is 0 Å². The van der Waals surface area contributed by atoms with E-state index in [-0.39, 0.29) is 10.6 Å². The summed E-state index contributed by atoms with van der Waals surface area (Å²) >= 11 is 7.27. The topological polar surface area (TPSA) is 50.2 Å². The van der Waals surface area contributed by atoms with Crippen molar-refractivity contribution in [2.24, 2.45) is 0 Å². The monoisotopic (exact) mass is 213 g/mol. The van der Waals surface area contributed by atoms with Crippen LogP contribution in [0.4, 0.5) is 0 Å². The molecule has 66 valence electrons. The van der Waals surface area contributed by atoms with Crippen LogP contribution >= 0.6 is 22.9 Å². The van der Waals surface area contributed by atoms with E-state index in [2.05, 4.69) is 4.98 Å². The van der Waals surface area contributed by atoms with Crippen LogP contribution in [0.1, 0.15) is 10.4 Å². The SMILES string of the molecule is O=C(O)c1ccc2scnc2c1Cl. The Morgan fingerprint density at radius 2 is 2.31 bits per heavy atom. The number of fused-ring (bicyclic) bond motifs is 1. The number of aromatic carboxylic acids is 1. The molecule has 1 N–H and O–H groups in total. The largest absolute Gasteiger partial charge is 0.478 e. The molecular weight excluding hydrogens is 210 g/mol. The average Bonchev–Trinajstić information content (AvgIpc) is 2.52. The summed E-state index contributed by atoms with van der Waals surface area (Å²) in [7, 11) is 0. The van der Waals surface area contributed by atoms with E-state index in [4.69, 9.17) is 16.7 Å². The number of carbonyl (C=O) groups is 1. The summed E-state index contributed by atoms with van der Waals surface area (Å²) in [5.41, 5.74) is 2.30. The summed E-state index contributed by atoms with van der Waals surface area (Å²) in [6.45, 7) is 0. The van der Waals surface area contributed by atoms with Gasteiger partial charge >= 0.3 is 5.97 Å². The standard InChI is InChI=1S/C8H4ClNO2S/c9-6-4(8(11)12)1-2-5-7(6)10-3-13-5/h1-3H,(H,11,12). The van der Waals surface area contributed by atoms with E-state index in [1.54, 1.807) is 11.6 Å². The van der Waals surface area contributed by atoms with Crippen molar-refractivity contribution in [2.45, 2.75) is 0 Å². The second kappa shape index (κ2) is 2.97. The van der Waals surface area contributed by atoms with Crippen molar-refractivity contribution in [2.75, 3.05) is 0 Å². The van der Waals surface area contributed by atoms with Crippen LogP contribution in [0.15, 0.2) is 17.6 Å². The molecule has 1 heterocycles. The maximum Gasteiger partial charge on any atom is 0.337 e. The van der Waals surface area contributed by atoms with E-state index in [1.165, 1.54) is 17.4 Å². The molecule has 0 fully saturated rings. The molecule has 0 aliphatic carbocycles. The van der Waals surface area contributed by atoms with Gasteiger partial charge in [-0.25, -0.2) is 9.78 Å². The van der Waals surface area contributed by atoms with E-state index in [9.17, 15) is 4.79 Å². The van der Waals surface area contributed by atoms with E-state index in [0.29, 0.717) is 5.52 Å². The van der Waals surface area contributed by atoms with Gasteiger partial charge in [0.1, 0.15) is 5.52 Å². The van der Waals surface area contributed by atoms with Gasteiger partial charge in [-0.15, -0.1) is 11.3 Å². The van der Waals surface area contributed by atoms with Crippen LogP contribution in [0.3, 0.4) is 0 Å². The molecule has 0 aliphatic heterocycles. The van der Waals surface area contributed by atoms with Crippen molar-refractivity contribution < 1.29 is 9.90 Å². The lowest BCUT2D eigenvalue weighted by atomic mass is 10.2. The number of rotatable bonds is 1. The Hall–Kier alpha value is -1.13. The molecule has 13 heavy (non-hydrogen) atoms. The lowest BCUT2D eigenvalue weighted by Gasteiger charge is -1.97. The molecule has 0 bridgehead atoms. The van der Waals surface area contributed by atoms with Crippen LogP contribution in [-0.2, 0) is 0 Å². The molecule has 0 saturated heterocycles. The van der Waals surface area contributed by atoms with Crippen molar-refractivity contribution in [1.82, 2.24) is 4.98 Å². The quantitative estimate of drug-likeness (QED) is 0.792. The molecule has 1 aromatic heterocycles. The highest BCUT2D eigenvalue weighted by Crippen LogP contribution is 2.28. The van der Waals surface area contributed by atoms with Gasteiger partial charge < -0.3 is 5.11 Å². The molecule has 1 aromatic carbocycles. The average molecular weight is 214 g/mol. The molecule has 0 atom stereocenters. The maximum absolute atomic E-state index is 10.7. The number of thiazole rings is 1. The number of hydrogen-bond donors (Lipinski definition) is 1. The summed E-state index contributed by atoms with van der Waals surface area (Å²) in [4.78, 5) is 14.7. The number of carboxylic acid groups (broad SMARTS) is 1. The van der Waals surface area contributed by atoms with Crippen LogP contribution in [0.2, 0.25) is 5.02 Å². The van der Waals surface area contributed by atoms with Crippen LogP contribution < -0.4 is 0 Å². The zero-order valence-corrected chi connectivity index (χ0v) is 7.89. The van der Waals surface area contributed by atoms with Gasteiger partial charge in [-0.3, -0.25) is 0 Å². The first-order valence-corrected chi connectivity index (χ1v) is 4.71. The maximum atomic E-state index is 10.7. The molecule has 2 aromatic rings. The van der Waals surface area contributed by atoms with Gasteiger partial charge in [0.15, 0.2) is 0 Å². The fourth-order valence-corrected chi connectivity index (χ4v) is 2.10. The molecule has 0 spiro atoms. The molecule has 0 amide bonds. The minimum absolute atomic E-state index is 0.0973. The number of halogens is 1. The van der Waals surface area contributed by atoms with Crippen molar-refractivity contribution in [3.63, 3.8) is 0 Å². The summed E-state index contributed by atoms with van der Waals surface area (Å²) in [6.07, 6.45) is 0. The predicted molar refractivity (Wildman–Crippen MR) is 51.6 cm³/mol. The normalized spacial score (nSPS) is 10.5. The highest BCUT2D eigenvalue weighted by molar-refractivity contribution is 7.16. The van der Waals surface area contributed by atoms with E-state index in [1.807, 2.05) is 0 Å². The highest BCUT2D eigenvalue weighted by Gasteiger charge is 2.12. The molecule has 0 radical (unpaired) electrons. The third-order valence-corrected chi connectivity index (χ3v) is 2.85. The molecule has 0 saturated carbocycles. The fourth-order valence-electron chi connectivity index (χ4n) is 1.06. The third kappa shape index (κ3) is 1.28. The summed E-state index contributed by atoms with van der Waals surface area (Å²) in [5, 5.41) is 8.97. The Balaban J connectivity index is 2.80. The fraction of sp³-hybridized carbons (Fsp3) is 0. The predicted octanol–water partition coefficient (Wildman–Crippen LogP) is 2.65. The van der Waals surface area contributed by atoms with Crippen LogP contribution in [0.25, 0.3) is 10.2 Å². The second-order valence-electron chi connectivity index (χ2n) is 2.43. The second-order valence-corrected chi connectivity index (χ2v) is 3.70. The van der Waals surface area contributed by atoms with Gasteiger partial charge in [-0.2, -0.15) is 0 Å². The van der Waals surface area contributed by atoms with Crippen molar-refractivity contribution in [3.05, 3.63) is 28.2 Å². The van der Waals surface area contributed by atoms with Crippen molar-refractivity contribution >= 4 is 39.1 Å². The zero-order chi connectivity index (χ0) is 9.42. The Labute approximate surface area is 82.6 Å². The Morgan fingerprint density at radius 1 is 1.54 bits per heavy atom. The number of carboxylic acids is 1. The first-order valence-electron chi connectivity index (χ1n) is 3.45. The zero-order valence-electron chi connectivity index (χ0n) is 6.32. The van der Waals surface area contributed by atoms with Gasteiger partial charge in [0.2, 0.25) is 0 Å². The van der Waals surface area contributed by atoms with Gasteiger partial charge in [-0.05, 0) is 12.1 Å². The lowest BCUT2D eigenvalue weighted by molar-refractivity contribution is 0.0697. The smallest absolute Gasteiger partial charge is 0.337 e. The van der Waals surface area contributed by atoms with Crippen molar-refractivity contribution in [3.8, 4) is 0 Å². The molecule has 3 nitrogen and oxygen atoms in total. The van der Waals surface area contributed by atoms with E-state index < -0.39 is 5.97 Å². The molecule has 2 rings (SSSR count). The lowest BCUT2D eigenvalue weighted by Crippen LogP contribution is -1.96. The summed E-state index contributed by atoms with van der Waals surface area (Å²) in [5.74, 6) is -1.03. The molecule has 5 heteroatoms. The number of hydrogen-bond acceptors (Lipinski definition) is 3. The molecule has 0 unspecified atom stereocenters. The summed E-state index contributed by atoms with van der Waals surface area (Å²) in [6, 6.07) is 3.20. The number of benzene rings is 1. The summed E-state index contributed by atoms with van der Waals surface area (Å²) < 4.78 is 0.898. The van der Waals surface area contributed by atoms with Gasteiger partial charge in [0.05, 0.1) is 20.8 Å². The first-order chi connectivity index (χ1) is 6.20. The highest BCUT2D eigenvalue weighted by atomic mass is 35.5. The van der Waals surface area contributed by atoms with Gasteiger partial charge in [-0.1, -0.05) is 11.6 Å². The number of nitrogens with zero attached hydrogens (tertiary/aromatic N) is 1. The minimum atomic E-state index is -1.03. The van der Waals surface area contributed by atoms with Gasteiger partial charge in [0, 0.05) is 0 Å². The Kier molecular flexibility index (Phi) is 1.94. The molecule has 0 aliphatic rings.